The summed E-state index contributed by atoms with van der Waals surface area (Å²) in [5.41, 5.74) is 2.28. The van der Waals surface area contributed by atoms with Crippen LogP contribution >= 0.6 is 11.6 Å². The highest BCUT2D eigenvalue weighted by Crippen LogP contribution is 2.35. The maximum Gasteiger partial charge on any atom is 0.254 e. The molecule has 1 amide bonds. The van der Waals surface area contributed by atoms with Gasteiger partial charge in [0.05, 0.1) is 17.6 Å². The van der Waals surface area contributed by atoms with E-state index in [1.54, 1.807) is 17.0 Å². The van der Waals surface area contributed by atoms with Crippen LogP contribution in [0.5, 0.6) is 0 Å². The van der Waals surface area contributed by atoms with Crippen molar-refractivity contribution in [3.63, 3.8) is 0 Å². The van der Waals surface area contributed by atoms with Crippen LogP contribution in [0.4, 0.5) is 4.39 Å². The number of hydrogen-bond acceptors (Lipinski definition) is 2. The second kappa shape index (κ2) is 8.54. The molecule has 152 valence electrons. The van der Waals surface area contributed by atoms with Crippen LogP contribution in [0.15, 0.2) is 42.5 Å². The van der Waals surface area contributed by atoms with Crippen molar-refractivity contribution < 1.29 is 9.18 Å². The first-order valence-corrected chi connectivity index (χ1v) is 10.7. The van der Waals surface area contributed by atoms with E-state index < -0.39 is 5.82 Å². The van der Waals surface area contributed by atoms with Crippen molar-refractivity contribution in [3.8, 4) is 0 Å². The summed E-state index contributed by atoms with van der Waals surface area (Å²) in [5.74, 6) is 0.293. The van der Waals surface area contributed by atoms with Gasteiger partial charge in [0.25, 0.3) is 5.91 Å². The minimum atomic E-state index is -0.403. The van der Waals surface area contributed by atoms with Crippen molar-refractivity contribution in [1.82, 2.24) is 14.5 Å². The second-order valence-electron chi connectivity index (χ2n) is 7.71. The molecule has 0 atom stereocenters. The van der Waals surface area contributed by atoms with Crippen LogP contribution in [-0.4, -0.2) is 26.9 Å². The third-order valence-electron chi connectivity index (χ3n) is 5.60. The molecule has 1 fully saturated rings. The summed E-state index contributed by atoms with van der Waals surface area (Å²) in [6.45, 7) is 3.02. The summed E-state index contributed by atoms with van der Waals surface area (Å²) in [6, 6.07) is 12.0. The summed E-state index contributed by atoms with van der Waals surface area (Å²) < 4.78 is 15.9. The lowest BCUT2D eigenvalue weighted by Crippen LogP contribution is -2.32. The second-order valence-corrected chi connectivity index (χ2v) is 8.14. The maximum absolute atomic E-state index is 13.6. The van der Waals surface area contributed by atoms with Crippen molar-refractivity contribution >= 4 is 28.5 Å². The Labute approximate surface area is 175 Å². The molecule has 0 radical (unpaired) electrons. The monoisotopic (exact) mass is 413 g/mol. The van der Waals surface area contributed by atoms with E-state index in [0.717, 1.165) is 36.1 Å². The van der Waals surface area contributed by atoms with Crippen LogP contribution in [0, 0.1) is 5.82 Å². The first-order chi connectivity index (χ1) is 14.1. The number of halogens is 2. The largest absolute Gasteiger partial charge is 0.331 e. The maximum atomic E-state index is 13.6. The normalized spacial score (nSPS) is 14.6. The van der Waals surface area contributed by atoms with E-state index in [0.29, 0.717) is 29.7 Å². The van der Waals surface area contributed by atoms with Gasteiger partial charge in [-0.25, -0.2) is 9.37 Å². The minimum absolute atomic E-state index is 0.172. The predicted molar refractivity (Wildman–Crippen MR) is 114 cm³/mol. The number of rotatable bonds is 6. The Morgan fingerprint density at radius 3 is 2.76 bits per heavy atom. The summed E-state index contributed by atoms with van der Waals surface area (Å²) >= 11 is 6.27. The van der Waals surface area contributed by atoms with Gasteiger partial charge in [0, 0.05) is 23.2 Å². The van der Waals surface area contributed by atoms with E-state index in [-0.39, 0.29) is 5.91 Å². The average molecular weight is 414 g/mol. The van der Waals surface area contributed by atoms with Gasteiger partial charge >= 0.3 is 0 Å². The van der Waals surface area contributed by atoms with E-state index >= 15 is 0 Å². The Balaban J connectivity index is 1.72. The molecule has 0 spiro atoms. The van der Waals surface area contributed by atoms with Gasteiger partial charge in [0.1, 0.15) is 11.6 Å². The lowest BCUT2D eigenvalue weighted by atomic mass is 10.2. The Morgan fingerprint density at radius 1 is 1.24 bits per heavy atom. The lowest BCUT2D eigenvalue weighted by Gasteiger charge is -2.24. The Kier molecular flexibility index (Phi) is 5.86. The van der Waals surface area contributed by atoms with Gasteiger partial charge in [-0.05, 0) is 55.7 Å². The molecular formula is C23H25ClFN3O. The molecule has 0 unspecified atom stereocenters. The van der Waals surface area contributed by atoms with Gasteiger partial charge in [-0.2, -0.15) is 0 Å². The molecule has 4 nitrogen and oxygen atoms in total. The number of carbonyl (C=O) groups is 1. The number of amides is 1. The van der Waals surface area contributed by atoms with E-state index in [2.05, 4.69) is 4.57 Å². The molecule has 29 heavy (non-hydrogen) atoms. The number of aromatic nitrogens is 2. The SMILES string of the molecule is CCCN(Cc1nc2ccc(Cl)cc2n1C1CCCC1)C(=O)c1cccc(F)c1. The molecule has 0 saturated heterocycles. The zero-order valence-electron chi connectivity index (χ0n) is 16.6. The molecule has 2 aromatic carbocycles. The highest BCUT2D eigenvalue weighted by atomic mass is 35.5. The average Bonchev–Trinajstić information content (AvgIpc) is 3.34. The van der Waals surface area contributed by atoms with Gasteiger partial charge in [-0.3, -0.25) is 4.79 Å². The van der Waals surface area contributed by atoms with E-state index in [9.17, 15) is 9.18 Å². The molecule has 3 aromatic rings. The molecule has 1 aromatic heterocycles. The number of benzene rings is 2. The van der Waals surface area contributed by atoms with Crippen LogP contribution in [0.1, 0.15) is 61.3 Å². The Hall–Kier alpha value is -2.40. The first-order valence-electron chi connectivity index (χ1n) is 10.3. The fourth-order valence-corrected chi connectivity index (χ4v) is 4.46. The fraction of sp³-hybridized carbons (Fsp3) is 0.391. The predicted octanol–water partition coefficient (Wildman–Crippen LogP) is 6.00. The first kappa shape index (κ1) is 19.9. The van der Waals surface area contributed by atoms with Crippen molar-refractivity contribution in [3.05, 3.63) is 64.7 Å². The van der Waals surface area contributed by atoms with Crippen LogP contribution in [-0.2, 0) is 6.54 Å². The smallest absolute Gasteiger partial charge is 0.254 e. The number of carbonyl (C=O) groups excluding carboxylic acids is 1. The zero-order chi connectivity index (χ0) is 20.4. The summed E-state index contributed by atoms with van der Waals surface area (Å²) in [7, 11) is 0. The number of nitrogens with zero attached hydrogens (tertiary/aromatic N) is 3. The van der Waals surface area contributed by atoms with Crippen LogP contribution in [0.3, 0.4) is 0 Å². The molecule has 6 heteroatoms. The molecule has 1 saturated carbocycles. The van der Waals surface area contributed by atoms with Crippen molar-refractivity contribution in [1.29, 1.82) is 0 Å². The third-order valence-corrected chi connectivity index (χ3v) is 5.83. The number of hydrogen-bond donors (Lipinski definition) is 0. The zero-order valence-corrected chi connectivity index (χ0v) is 17.3. The van der Waals surface area contributed by atoms with Crippen molar-refractivity contribution in [2.24, 2.45) is 0 Å². The molecule has 1 heterocycles. The molecular weight excluding hydrogens is 389 g/mol. The van der Waals surface area contributed by atoms with Gasteiger partial charge in [0.2, 0.25) is 0 Å². The minimum Gasteiger partial charge on any atom is -0.331 e. The molecule has 1 aliphatic carbocycles. The highest BCUT2D eigenvalue weighted by Gasteiger charge is 2.25. The van der Waals surface area contributed by atoms with E-state index in [1.165, 1.54) is 25.0 Å². The summed E-state index contributed by atoms with van der Waals surface area (Å²) in [5, 5.41) is 0.685. The Bertz CT molecular complexity index is 1030. The molecule has 4 rings (SSSR count). The fourth-order valence-electron chi connectivity index (χ4n) is 4.29. The topological polar surface area (TPSA) is 38.1 Å². The van der Waals surface area contributed by atoms with Gasteiger partial charge in [0.15, 0.2) is 0 Å². The summed E-state index contributed by atoms with van der Waals surface area (Å²) in [4.78, 5) is 19.7. The van der Waals surface area contributed by atoms with Gasteiger partial charge < -0.3 is 9.47 Å². The standard InChI is InChI=1S/C23H25ClFN3O/c1-2-12-27(23(29)16-6-5-7-18(25)13-16)15-22-26-20-11-10-17(24)14-21(20)28(22)19-8-3-4-9-19/h5-7,10-11,13-14,19H,2-4,8-9,12,15H2,1H3. The van der Waals surface area contributed by atoms with Crippen LogP contribution < -0.4 is 0 Å². The van der Waals surface area contributed by atoms with Crippen molar-refractivity contribution in [2.45, 2.75) is 51.6 Å². The Morgan fingerprint density at radius 2 is 2.03 bits per heavy atom. The number of imidazole rings is 1. The quantitative estimate of drug-likeness (QED) is 0.497. The molecule has 1 aliphatic rings. The van der Waals surface area contributed by atoms with E-state index in [4.69, 9.17) is 16.6 Å². The summed E-state index contributed by atoms with van der Waals surface area (Å²) in [6.07, 6.45) is 5.43. The molecule has 0 aliphatic heterocycles. The van der Waals surface area contributed by atoms with E-state index in [1.807, 2.05) is 25.1 Å². The molecule has 0 N–H and O–H groups in total. The van der Waals surface area contributed by atoms with Gasteiger partial charge in [-0.1, -0.05) is 37.4 Å². The molecule has 0 bridgehead atoms. The van der Waals surface area contributed by atoms with Crippen LogP contribution in [0.25, 0.3) is 11.0 Å². The highest BCUT2D eigenvalue weighted by molar-refractivity contribution is 6.31. The third kappa shape index (κ3) is 4.15. The number of fused-ring (bicyclic) bond motifs is 1. The van der Waals surface area contributed by atoms with Gasteiger partial charge in [-0.15, -0.1) is 0 Å². The lowest BCUT2D eigenvalue weighted by molar-refractivity contribution is 0.0736. The van der Waals surface area contributed by atoms with Crippen molar-refractivity contribution in [2.75, 3.05) is 6.54 Å². The van der Waals surface area contributed by atoms with Crippen LogP contribution in [0.2, 0.25) is 5.02 Å².